The van der Waals surface area contributed by atoms with Crippen molar-refractivity contribution < 1.29 is 14.7 Å². The van der Waals surface area contributed by atoms with Gasteiger partial charge in [-0.25, -0.2) is 0 Å². The Morgan fingerprint density at radius 2 is 2.19 bits per heavy atom. The first kappa shape index (κ1) is 10.5. The van der Waals surface area contributed by atoms with Crippen molar-refractivity contribution >= 4 is 13.3 Å². The van der Waals surface area contributed by atoms with Gasteiger partial charge in [0, 0.05) is 5.56 Å². The molecule has 8 heteroatoms. The van der Waals surface area contributed by atoms with E-state index in [1.165, 1.54) is 0 Å². The van der Waals surface area contributed by atoms with Crippen LogP contribution in [0.4, 0.5) is 5.95 Å². The molecule has 0 atom stereocenters. The molecule has 0 bridgehead atoms. The predicted molar refractivity (Wildman–Crippen MR) is 57.1 cm³/mol. The van der Waals surface area contributed by atoms with Gasteiger partial charge in [0.1, 0.15) is 5.75 Å². The molecule has 2 aromatic rings. The Morgan fingerprint density at radius 1 is 1.38 bits per heavy atom. The highest BCUT2D eigenvalue weighted by atomic mass is 16.6. The number of benzene rings is 1. The number of nitrogens with two attached hydrogens (primary N) is 1. The highest BCUT2D eigenvalue weighted by Crippen LogP contribution is 2.21. The second kappa shape index (κ2) is 4.21. The summed E-state index contributed by atoms with van der Waals surface area (Å²) in [6.45, 7) is 0. The normalized spacial score (nSPS) is 10.1. The van der Waals surface area contributed by atoms with E-state index < -0.39 is 7.32 Å². The average molecular weight is 220 g/mol. The summed E-state index contributed by atoms with van der Waals surface area (Å²) < 4.78 is 4.70. The number of hydrogen-bond acceptors (Lipinski definition) is 6. The Morgan fingerprint density at radius 3 is 2.81 bits per heavy atom. The van der Waals surface area contributed by atoms with Crippen molar-refractivity contribution in [2.24, 2.45) is 0 Å². The molecule has 2 rings (SSSR count). The van der Waals surface area contributed by atoms with E-state index in [4.69, 9.17) is 20.4 Å². The van der Waals surface area contributed by atoms with E-state index in [0.717, 1.165) is 0 Å². The number of rotatable bonds is 3. The van der Waals surface area contributed by atoms with Gasteiger partial charge >= 0.3 is 7.32 Å². The van der Waals surface area contributed by atoms with E-state index in [2.05, 4.69) is 15.2 Å². The minimum absolute atomic E-state index is 0.142. The Bertz CT molecular complexity index is 488. The maximum Gasteiger partial charge on any atom is 0.707 e. The summed E-state index contributed by atoms with van der Waals surface area (Å²) in [5, 5.41) is 23.6. The van der Waals surface area contributed by atoms with Gasteiger partial charge < -0.3 is 20.4 Å². The van der Waals surface area contributed by atoms with E-state index in [9.17, 15) is 0 Å². The van der Waals surface area contributed by atoms with E-state index in [-0.39, 0.29) is 5.95 Å². The van der Waals surface area contributed by atoms with Crippen molar-refractivity contribution in [3.8, 4) is 17.1 Å². The lowest BCUT2D eigenvalue weighted by atomic mass is 10.2. The van der Waals surface area contributed by atoms with Gasteiger partial charge in [-0.05, 0) is 12.1 Å². The van der Waals surface area contributed by atoms with Gasteiger partial charge in [-0.3, -0.25) is 5.10 Å². The molecule has 0 spiro atoms. The van der Waals surface area contributed by atoms with Gasteiger partial charge in [-0.1, -0.05) is 12.1 Å². The van der Waals surface area contributed by atoms with Crippen molar-refractivity contribution in [1.29, 1.82) is 0 Å². The fraction of sp³-hybridized carbons (Fsp3) is 0. The monoisotopic (exact) mass is 220 g/mol. The third kappa shape index (κ3) is 2.30. The van der Waals surface area contributed by atoms with E-state index in [1.807, 2.05) is 0 Å². The number of H-pyrrole nitrogens is 1. The van der Waals surface area contributed by atoms with Crippen LogP contribution in [-0.2, 0) is 0 Å². The van der Waals surface area contributed by atoms with E-state index in [1.54, 1.807) is 24.3 Å². The molecule has 0 radical (unpaired) electrons. The van der Waals surface area contributed by atoms with Crippen LogP contribution in [0.2, 0.25) is 0 Å². The van der Waals surface area contributed by atoms with Crippen LogP contribution < -0.4 is 10.4 Å². The number of nitrogen functional groups attached to an aromatic ring is 1. The first-order chi connectivity index (χ1) is 7.65. The van der Waals surface area contributed by atoms with Crippen LogP contribution >= 0.6 is 0 Å². The quantitative estimate of drug-likeness (QED) is 0.513. The van der Waals surface area contributed by atoms with E-state index >= 15 is 0 Å². The third-order valence-corrected chi connectivity index (χ3v) is 1.85. The molecule has 5 N–H and O–H groups in total. The number of hydrogen-bond donors (Lipinski definition) is 4. The Kier molecular flexibility index (Phi) is 2.75. The molecule has 0 aliphatic heterocycles. The number of anilines is 1. The van der Waals surface area contributed by atoms with Crippen molar-refractivity contribution in [3.63, 3.8) is 0 Å². The molecule has 16 heavy (non-hydrogen) atoms. The first-order valence-electron chi connectivity index (χ1n) is 4.46. The zero-order valence-corrected chi connectivity index (χ0v) is 8.16. The summed E-state index contributed by atoms with van der Waals surface area (Å²) in [6.07, 6.45) is 0. The highest BCUT2D eigenvalue weighted by molar-refractivity contribution is 6.33. The van der Waals surface area contributed by atoms with Crippen LogP contribution in [0.25, 0.3) is 11.4 Å². The SMILES string of the molecule is Nc1n[nH]c(-c2cccc(OB(O)O)c2)n1. The Hall–Kier alpha value is -2.06. The molecule has 0 saturated carbocycles. The molecule has 0 fully saturated rings. The minimum Gasteiger partial charge on any atom is -0.512 e. The molecule has 1 aromatic heterocycles. The smallest absolute Gasteiger partial charge is 0.512 e. The second-order valence-corrected chi connectivity index (χ2v) is 3.01. The maximum absolute atomic E-state index is 8.65. The molecule has 82 valence electrons. The minimum atomic E-state index is -1.85. The molecule has 0 unspecified atom stereocenters. The topological polar surface area (TPSA) is 117 Å². The summed E-state index contributed by atoms with van der Waals surface area (Å²) >= 11 is 0. The van der Waals surface area contributed by atoms with Gasteiger partial charge in [0.25, 0.3) is 0 Å². The van der Waals surface area contributed by atoms with Crippen molar-refractivity contribution in [2.45, 2.75) is 0 Å². The number of aromatic amines is 1. The van der Waals surface area contributed by atoms with Gasteiger partial charge in [0.2, 0.25) is 5.95 Å². The van der Waals surface area contributed by atoms with Gasteiger partial charge in [0.15, 0.2) is 5.82 Å². The van der Waals surface area contributed by atoms with Crippen LogP contribution in [0.3, 0.4) is 0 Å². The Labute approximate surface area is 91.1 Å². The lowest BCUT2D eigenvalue weighted by Gasteiger charge is -2.05. The van der Waals surface area contributed by atoms with Crippen molar-refractivity contribution in [2.75, 3.05) is 5.73 Å². The molecule has 0 aliphatic carbocycles. The third-order valence-electron chi connectivity index (χ3n) is 1.85. The fourth-order valence-electron chi connectivity index (χ4n) is 1.24. The summed E-state index contributed by atoms with van der Waals surface area (Å²) in [4.78, 5) is 3.93. The number of nitrogens with one attached hydrogen (secondary N) is 1. The van der Waals surface area contributed by atoms with Crippen LogP contribution in [0.1, 0.15) is 0 Å². The molecule has 1 aromatic carbocycles. The van der Waals surface area contributed by atoms with Gasteiger partial charge in [-0.15, -0.1) is 5.10 Å². The standard InChI is InChI=1S/C8H9BN4O3/c10-8-11-7(12-13-8)5-2-1-3-6(4-5)16-9(14)15/h1-4,14-15H,(H3,10,11,12,13). The number of aromatic nitrogens is 3. The molecule has 1 heterocycles. The summed E-state index contributed by atoms with van der Waals surface area (Å²) in [5.74, 6) is 0.932. The van der Waals surface area contributed by atoms with Crippen LogP contribution in [0.5, 0.6) is 5.75 Å². The second-order valence-electron chi connectivity index (χ2n) is 3.01. The zero-order valence-electron chi connectivity index (χ0n) is 8.16. The molecule has 7 nitrogen and oxygen atoms in total. The first-order valence-corrected chi connectivity index (χ1v) is 4.46. The van der Waals surface area contributed by atoms with Crippen LogP contribution in [0.15, 0.2) is 24.3 Å². The summed E-state index contributed by atoms with van der Waals surface area (Å²) in [7, 11) is -1.85. The molecule has 0 aliphatic rings. The van der Waals surface area contributed by atoms with Gasteiger partial charge in [-0.2, -0.15) is 4.98 Å². The predicted octanol–water partition coefficient (Wildman–Crippen LogP) is -0.598. The average Bonchev–Trinajstić information content (AvgIpc) is 2.64. The highest BCUT2D eigenvalue weighted by Gasteiger charge is 2.12. The zero-order chi connectivity index (χ0) is 11.5. The fourth-order valence-corrected chi connectivity index (χ4v) is 1.24. The van der Waals surface area contributed by atoms with Crippen LogP contribution in [0, 0.1) is 0 Å². The van der Waals surface area contributed by atoms with Crippen molar-refractivity contribution in [1.82, 2.24) is 15.2 Å². The molecular weight excluding hydrogens is 211 g/mol. The molecule has 0 amide bonds. The van der Waals surface area contributed by atoms with Crippen molar-refractivity contribution in [3.05, 3.63) is 24.3 Å². The largest absolute Gasteiger partial charge is 0.707 e. The van der Waals surface area contributed by atoms with Crippen LogP contribution in [-0.4, -0.2) is 32.6 Å². The van der Waals surface area contributed by atoms with E-state index in [0.29, 0.717) is 17.1 Å². The summed E-state index contributed by atoms with van der Waals surface area (Å²) in [5.41, 5.74) is 6.05. The number of nitrogens with zero attached hydrogens (tertiary/aromatic N) is 2. The lowest BCUT2D eigenvalue weighted by Crippen LogP contribution is -2.20. The molecule has 0 saturated heterocycles. The Balaban J connectivity index is 2.28. The maximum atomic E-state index is 8.65. The molecular formula is C8H9BN4O3. The summed E-state index contributed by atoms with van der Waals surface area (Å²) in [6, 6.07) is 6.62. The lowest BCUT2D eigenvalue weighted by molar-refractivity contribution is 0.288. The van der Waals surface area contributed by atoms with Gasteiger partial charge in [0.05, 0.1) is 0 Å².